The van der Waals surface area contributed by atoms with E-state index in [-0.39, 0.29) is 5.91 Å². The summed E-state index contributed by atoms with van der Waals surface area (Å²) in [6, 6.07) is 0.620. The molecule has 0 aromatic heterocycles. The van der Waals surface area contributed by atoms with Gasteiger partial charge in [0.15, 0.2) is 0 Å². The van der Waals surface area contributed by atoms with Gasteiger partial charge in [-0.3, -0.25) is 4.79 Å². The average Bonchev–Trinajstić information content (AvgIpc) is 3.04. The van der Waals surface area contributed by atoms with Crippen LogP contribution in [0.3, 0.4) is 0 Å². The third kappa shape index (κ3) is 2.67. The summed E-state index contributed by atoms with van der Waals surface area (Å²) in [5.41, 5.74) is 0. The van der Waals surface area contributed by atoms with Gasteiger partial charge in [0.25, 0.3) is 0 Å². The van der Waals surface area contributed by atoms with E-state index >= 15 is 0 Å². The zero-order valence-corrected chi connectivity index (χ0v) is 12.3. The zero-order valence-electron chi connectivity index (χ0n) is 12.3. The molecule has 0 saturated heterocycles. The summed E-state index contributed by atoms with van der Waals surface area (Å²) in [6.07, 6.45) is 7.13. The maximum Gasteiger partial charge on any atom is 0.233 e. The lowest BCUT2D eigenvalue weighted by Gasteiger charge is -2.32. The largest absolute Gasteiger partial charge is 0.355 e. The van der Waals surface area contributed by atoms with Crippen LogP contribution in [0.4, 0.5) is 0 Å². The van der Waals surface area contributed by atoms with Gasteiger partial charge in [-0.25, -0.2) is 0 Å². The van der Waals surface area contributed by atoms with Crippen LogP contribution in [0, 0.1) is 29.6 Å². The Hall–Kier alpha value is -0.570. The fraction of sp³-hybridized carbons (Fsp3) is 0.938. The van der Waals surface area contributed by atoms with E-state index in [2.05, 4.69) is 24.5 Å². The smallest absolute Gasteiger partial charge is 0.233 e. The molecular formula is C16H28N2O. The van der Waals surface area contributed by atoms with Gasteiger partial charge in [-0.05, 0) is 55.3 Å². The first-order valence-corrected chi connectivity index (χ1v) is 8.15. The normalized spacial score (nSPS) is 39.8. The Morgan fingerprint density at radius 1 is 1.16 bits per heavy atom. The number of carbonyl (C=O) groups is 1. The van der Waals surface area contributed by atoms with Crippen molar-refractivity contribution in [3.8, 4) is 0 Å². The Kier molecular flexibility index (Phi) is 3.84. The summed E-state index contributed by atoms with van der Waals surface area (Å²) in [5, 5.41) is 6.53. The van der Waals surface area contributed by atoms with Crippen LogP contribution in [0.5, 0.6) is 0 Å². The number of nitrogens with one attached hydrogen (secondary N) is 2. The van der Waals surface area contributed by atoms with Gasteiger partial charge in [-0.2, -0.15) is 0 Å². The molecule has 3 nitrogen and oxygen atoms in total. The second-order valence-electron chi connectivity index (χ2n) is 7.34. The van der Waals surface area contributed by atoms with E-state index in [4.69, 9.17) is 0 Å². The summed E-state index contributed by atoms with van der Waals surface area (Å²) in [7, 11) is 0. The summed E-state index contributed by atoms with van der Waals surface area (Å²) in [5.74, 6) is 4.56. The number of fused-ring (bicyclic) bond motifs is 5. The summed E-state index contributed by atoms with van der Waals surface area (Å²) in [4.78, 5) is 11.8. The maximum absolute atomic E-state index is 11.8. The Morgan fingerprint density at radius 2 is 1.95 bits per heavy atom. The summed E-state index contributed by atoms with van der Waals surface area (Å²) in [6.45, 7) is 5.56. The third-order valence-corrected chi connectivity index (χ3v) is 5.66. The first-order chi connectivity index (χ1) is 9.15. The first kappa shape index (κ1) is 13.4. The van der Waals surface area contributed by atoms with Gasteiger partial charge in [-0.15, -0.1) is 0 Å². The first-order valence-electron chi connectivity index (χ1n) is 8.15. The fourth-order valence-electron chi connectivity index (χ4n) is 4.91. The second kappa shape index (κ2) is 5.43. The van der Waals surface area contributed by atoms with E-state index in [0.717, 1.165) is 30.2 Å². The van der Waals surface area contributed by atoms with Gasteiger partial charge >= 0.3 is 0 Å². The molecule has 0 aromatic rings. The highest BCUT2D eigenvalue weighted by molar-refractivity contribution is 5.78. The average molecular weight is 264 g/mol. The number of hydrogen-bond donors (Lipinski definition) is 2. The SMILES string of the molecule is CC(C)CNC(=O)CNC1CC2CC1C1CCCC21. The highest BCUT2D eigenvalue weighted by Crippen LogP contribution is 2.58. The molecule has 0 radical (unpaired) electrons. The lowest BCUT2D eigenvalue weighted by molar-refractivity contribution is -0.120. The molecule has 3 saturated carbocycles. The number of hydrogen-bond acceptors (Lipinski definition) is 2. The molecule has 5 unspecified atom stereocenters. The molecule has 3 aliphatic carbocycles. The number of rotatable bonds is 5. The van der Waals surface area contributed by atoms with Crippen molar-refractivity contribution < 1.29 is 4.79 Å². The van der Waals surface area contributed by atoms with Crippen LogP contribution >= 0.6 is 0 Å². The van der Waals surface area contributed by atoms with E-state index in [1.54, 1.807) is 0 Å². The van der Waals surface area contributed by atoms with E-state index in [0.29, 0.717) is 18.5 Å². The van der Waals surface area contributed by atoms with Crippen LogP contribution in [0.15, 0.2) is 0 Å². The van der Waals surface area contributed by atoms with Crippen molar-refractivity contribution in [1.29, 1.82) is 0 Å². The van der Waals surface area contributed by atoms with Crippen molar-refractivity contribution in [3.63, 3.8) is 0 Å². The lowest BCUT2D eigenvalue weighted by atomic mass is 9.79. The Labute approximate surface area is 116 Å². The van der Waals surface area contributed by atoms with Crippen molar-refractivity contribution in [2.75, 3.05) is 13.1 Å². The molecule has 0 aliphatic heterocycles. The third-order valence-electron chi connectivity index (χ3n) is 5.66. The van der Waals surface area contributed by atoms with Crippen LogP contribution < -0.4 is 10.6 Å². The summed E-state index contributed by atoms with van der Waals surface area (Å²) >= 11 is 0. The minimum atomic E-state index is 0.166. The molecule has 19 heavy (non-hydrogen) atoms. The topological polar surface area (TPSA) is 41.1 Å². The van der Waals surface area contributed by atoms with Crippen LogP contribution in [-0.4, -0.2) is 25.0 Å². The highest BCUT2D eigenvalue weighted by Gasteiger charge is 2.53. The van der Waals surface area contributed by atoms with E-state index < -0.39 is 0 Å². The van der Waals surface area contributed by atoms with Crippen molar-refractivity contribution >= 4 is 5.91 Å². The number of amides is 1. The van der Waals surface area contributed by atoms with Gasteiger partial charge in [-0.1, -0.05) is 20.3 Å². The monoisotopic (exact) mass is 264 g/mol. The molecule has 0 heterocycles. The van der Waals surface area contributed by atoms with Crippen molar-refractivity contribution in [1.82, 2.24) is 10.6 Å². The lowest BCUT2D eigenvalue weighted by Crippen LogP contribution is -2.44. The van der Waals surface area contributed by atoms with Crippen molar-refractivity contribution in [2.45, 2.75) is 52.0 Å². The Morgan fingerprint density at radius 3 is 2.74 bits per heavy atom. The minimum absolute atomic E-state index is 0.166. The molecule has 2 bridgehead atoms. The second-order valence-corrected chi connectivity index (χ2v) is 7.34. The fourth-order valence-corrected chi connectivity index (χ4v) is 4.91. The van der Waals surface area contributed by atoms with E-state index in [1.807, 2.05) is 0 Å². The van der Waals surface area contributed by atoms with Gasteiger partial charge in [0.05, 0.1) is 6.54 Å². The minimum Gasteiger partial charge on any atom is -0.355 e. The van der Waals surface area contributed by atoms with Crippen LogP contribution in [0.25, 0.3) is 0 Å². The molecule has 3 aliphatic rings. The highest BCUT2D eigenvalue weighted by atomic mass is 16.1. The quantitative estimate of drug-likeness (QED) is 0.799. The molecule has 5 atom stereocenters. The maximum atomic E-state index is 11.8. The molecule has 2 N–H and O–H groups in total. The molecular weight excluding hydrogens is 236 g/mol. The van der Waals surface area contributed by atoms with Crippen molar-refractivity contribution in [3.05, 3.63) is 0 Å². The Balaban J connectivity index is 1.44. The van der Waals surface area contributed by atoms with Gasteiger partial charge < -0.3 is 10.6 Å². The molecule has 3 heteroatoms. The summed E-state index contributed by atoms with van der Waals surface area (Å²) < 4.78 is 0. The molecule has 108 valence electrons. The number of carbonyl (C=O) groups excluding carboxylic acids is 1. The standard InChI is InChI=1S/C16H28N2O/c1-10(2)8-18-16(19)9-17-15-7-11-6-14(15)13-5-3-4-12(11)13/h10-15,17H,3-9H2,1-2H3,(H,18,19). The van der Waals surface area contributed by atoms with E-state index in [9.17, 15) is 4.79 Å². The zero-order chi connectivity index (χ0) is 13.4. The van der Waals surface area contributed by atoms with Crippen LogP contribution in [-0.2, 0) is 4.79 Å². The van der Waals surface area contributed by atoms with Gasteiger partial charge in [0.1, 0.15) is 0 Å². The molecule has 0 spiro atoms. The molecule has 0 aromatic carbocycles. The Bertz CT molecular complexity index is 342. The van der Waals surface area contributed by atoms with Crippen molar-refractivity contribution in [2.24, 2.45) is 29.6 Å². The molecule has 1 amide bonds. The molecule has 3 fully saturated rings. The van der Waals surface area contributed by atoms with E-state index in [1.165, 1.54) is 32.1 Å². The predicted molar refractivity (Wildman–Crippen MR) is 76.7 cm³/mol. The predicted octanol–water partition coefficient (Wildman–Crippen LogP) is 2.17. The van der Waals surface area contributed by atoms with Crippen LogP contribution in [0.1, 0.15) is 46.0 Å². The molecule has 3 rings (SSSR count). The van der Waals surface area contributed by atoms with Crippen LogP contribution in [0.2, 0.25) is 0 Å². The van der Waals surface area contributed by atoms with Gasteiger partial charge in [0, 0.05) is 12.6 Å². The van der Waals surface area contributed by atoms with Gasteiger partial charge in [0.2, 0.25) is 5.91 Å².